The van der Waals surface area contributed by atoms with Crippen LogP contribution in [0.3, 0.4) is 0 Å². The summed E-state index contributed by atoms with van der Waals surface area (Å²) in [6, 6.07) is 3.23. The third-order valence-corrected chi connectivity index (χ3v) is 5.41. The topological polar surface area (TPSA) is 37.0 Å². The first kappa shape index (κ1) is 15.1. The van der Waals surface area contributed by atoms with E-state index < -0.39 is 0 Å². The largest absolute Gasteiger partial charge is 0.379 e. The summed E-state index contributed by atoms with van der Waals surface area (Å²) in [5, 5.41) is 8.08. The molecule has 1 saturated carbocycles. The van der Waals surface area contributed by atoms with Gasteiger partial charge in [-0.2, -0.15) is 0 Å². The number of hydrogen-bond donors (Lipinski definition) is 2. The fourth-order valence-corrected chi connectivity index (χ4v) is 4.21. The molecule has 2 aliphatic rings. The van der Waals surface area contributed by atoms with Crippen molar-refractivity contribution in [1.82, 2.24) is 10.3 Å². The highest BCUT2D eigenvalue weighted by atomic mass is 35.5. The van der Waals surface area contributed by atoms with Crippen LogP contribution in [0, 0.1) is 12.8 Å². The summed E-state index contributed by atoms with van der Waals surface area (Å²) < 4.78 is 0. The van der Waals surface area contributed by atoms with Gasteiger partial charge in [-0.25, -0.2) is 4.98 Å². The molecule has 3 atom stereocenters. The molecule has 1 aliphatic carbocycles. The predicted octanol–water partition coefficient (Wildman–Crippen LogP) is 4.16. The van der Waals surface area contributed by atoms with Crippen molar-refractivity contribution in [2.24, 2.45) is 5.92 Å². The molecule has 0 amide bonds. The molecule has 116 valence electrons. The van der Waals surface area contributed by atoms with E-state index in [2.05, 4.69) is 22.5 Å². The second-order valence-electron chi connectivity index (χ2n) is 6.55. The quantitative estimate of drug-likeness (QED) is 0.823. The summed E-state index contributed by atoms with van der Waals surface area (Å²) in [7, 11) is 0. The Balaban J connectivity index is 1.74. The van der Waals surface area contributed by atoms with E-state index in [1.807, 2.05) is 6.07 Å². The van der Waals surface area contributed by atoms with Gasteiger partial charge in [-0.1, -0.05) is 30.9 Å². The predicted molar refractivity (Wildman–Crippen MR) is 89.0 cm³/mol. The molecule has 3 unspecified atom stereocenters. The van der Waals surface area contributed by atoms with Gasteiger partial charge < -0.3 is 10.6 Å². The third kappa shape index (κ3) is 3.51. The maximum absolute atomic E-state index is 6.29. The van der Waals surface area contributed by atoms with Crippen LogP contribution in [0.5, 0.6) is 0 Å². The molecule has 1 aliphatic heterocycles. The van der Waals surface area contributed by atoms with Crippen molar-refractivity contribution >= 4 is 17.3 Å². The Labute approximate surface area is 132 Å². The van der Waals surface area contributed by atoms with Crippen molar-refractivity contribution in [3.8, 4) is 0 Å². The van der Waals surface area contributed by atoms with Gasteiger partial charge in [0.05, 0.1) is 5.69 Å². The number of aromatic nitrogens is 1. The van der Waals surface area contributed by atoms with E-state index in [0.717, 1.165) is 11.6 Å². The van der Waals surface area contributed by atoms with Crippen molar-refractivity contribution in [2.75, 3.05) is 11.9 Å². The number of anilines is 1. The fraction of sp³-hybridized carbons (Fsp3) is 0.706. The van der Waals surface area contributed by atoms with E-state index >= 15 is 0 Å². The summed E-state index contributed by atoms with van der Waals surface area (Å²) in [4.78, 5) is 4.23. The molecule has 0 spiro atoms. The number of nitrogens with zero attached hydrogens (tertiary/aromatic N) is 1. The molecule has 21 heavy (non-hydrogen) atoms. The van der Waals surface area contributed by atoms with Gasteiger partial charge in [0.2, 0.25) is 0 Å². The Morgan fingerprint density at radius 1 is 1.19 bits per heavy atom. The molecule has 0 aromatic carbocycles. The summed E-state index contributed by atoms with van der Waals surface area (Å²) in [5.41, 5.74) is 2.22. The highest BCUT2D eigenvalue weighted by Gasteiger charge is 2.32. The number of piperidine rings is 1. The first-order chi connectivity index (χ1) is 10.3. The van der Waals surface area contributed by atoms with Gasteiger partial charge in [-0.15, -0.1) is 0 Å². The molecule has 3 nitrogen and oxygen atoms in total. The molecule has 0 radical (unpaired) electrons. The maximum Gasteiger partial charge on any atom is 0.152 e. The first-order valence-electron chi connectivity index (χ1n) is 8.37. The van der Waals surface area contributed by atoms with Gasteiger partial charge in [0.1, 0.15) is 0 Å². The number of nitrogens with one attached hydrogen (secondary N) is 2. The fourth-order valence-electron chi connectivity index (χ4n) is 3.95. The van der Waals surface area contributed by atoms with Gasteiger partial charge in [-0.05, 0) is 56.7 Å². The van der Waals surface area contributed by atoms with Crippen LogP contribution >= 0.6 is 11.6 Å². The maximum atomic E-state index is 6.29. The van der Waals surface area contributed by atoms with Gasteiger partial charge in [0.25, 0.3) is 0 Å². The van der Waals surface area contributed by atoms with Crippen molar-refractivity contribution in [1.29, 1.82) is 0 Å². The van der Waals surface area contributed by atoms with Gasteiger partial charge in [-0.3, -0.25) is 0 Å². The molecule has 4 heteroatoms. The second-order valence-corrected chi connectivity index (χ2v) is 6.91. The molecular weight excluding hydrogens is 282 g/mol. The number of pyridine rings is 1. The molecule has 1 aromatic rings. The summed E-state index contributed by atoms with van der Waals surface area (Å²) in [6.07, 6.45) is 11.0. The lowest BCUT2D eigenvalue weighted by atomic mass is 9.77. The summed E-state index contributed by atoms with van der Waals surface area (Å²) in [5.74, 6) is 0.717. The number of halogens is 1. The zero-order valence-corrected chi connectivity index (χ0v) is 13.6. The zero-order valence-electron chi connectivity index (χ0n) is 12.9. The minimum Gasteiger partial charge on any atom is -0.379 e. The van der Waals surface area contributed by atoms with E-state index in [1.165, 1.54) is 57.1 Å². The molecule has 2 fully saturated rings. The van der Waals surface area contributed by atoms with Crippen LogP contribution in [0.25, 0.3) is 0 Å². The van der Waals surface area contributed by atoms with Crippen LogP contribution in [-0.4, -0.2) is 23.6 Å². The van der Waals surface area contributed by atoms with E-state index in [4.69, 9.17) is 11.6 Å². The van der Waals surface area contributed by atoms with Crippen molar-refractivity contribution in [3.63, 3.8) is 0 Å². The minimum atomic E-state index is 0.523. The van der Waals surface area contributed by atoms with Gasteiger partial charge in [0.15, 0.2) is 5.15 Å². The zero-order chi connectivity index (χ0) is 14.7. The molecular formula is C17H26ClN3. The van der Waals surface area contributed by atoms with Crippen LogP contribution in [0.4, 0.5) is 5.69 Å². The average Bonchev–Trinajstić information content (AvgIpc) is 2.52. The standard InChI is InChI=1S/C17H26ClN3/c1-12-9-11-20-17(18)16(12)21-15-8-3-2-6-13(15)14-7-4-5-10-19-14/h9,11,13-15,19,21H,2-8,10H2,1H3. The monoisotopic (exact) mass is 307 g/mol. The second kappa shape index (κ2) is 6.97. The van der Waals surface area contributed by atoms with Crippen LogP contribution in [0.1, 0.15) is 50.5 Å². The summed E-state index contributed by atoms with van der Waals surface area (Å²) in [6.45, 7) is 3.28. The smallest absolute Gasteiger partial charge is 0.152 e. The van der Waals surface area contributed by atoms with Crippen LogP contribution in [0.2, 0.25) is 5.15 Å². The van der Waals surface area contributed by atoms with Crippen LogP contribution < -0.4 is 10.6 Å². The number of aryl methyl sites for hydroxylation is 1. The molecule has 0 bridgehead atoms. The lowest BCUT2D eigenvalue weighted by Crippen LogP contribution is -2.48. The van der Waals surface area contributed by atoms with E-state index in [1.54, 1.807) is 6.20 Å². The van der Waals surface area contributed by atoms with E-state index in [-0.39, 0.29) is 0 Å². The van der Waals surface area contributed by atoms with Gasteiger partial charge >= 0.3 is 0 Å². The molecule has 2 N–H and O–H groups in total. The molecule has 1 aromatic heterocycles. The highest BCUT2D eigenvalue weighted by molar-refractivity contribution is 6.32. The number of rotatable bonds is 3. The lowest BCUT2D eigenvalue weighted by Gasteiger charge is -2.40. The molecule has 2 heterocycles. The SMILES string of the molecule is Cc1ccnc(Cl)c1NC1CCCCC1C1CCCCN1. The minimum absolute atomic E-state index is 0.523. The average molecular weight is 308 g/mol. The Morgan fingerprint density at radius 3 is 2.76 bits per heavy atom. The molecule has 1 saturated heterocycles. The highest BCUT2D eigenvalue weighted by Crippen LogP contribution is 2.34. The Kier molecular flexibility index (Phi) is 5.02. The van der Waals surface area contributed by atoms with Crippen molar-refractivity contribution in [2.45, 2.75) is 64.0 Å². The van der Waals surface area contributed by atoms with Crippen molar-refractivity contribution < 1.29 is 0 Å². The lowest BCUT2D eigenvalue weighted by molar-refractivity contribution is 0.217. The normalized spacial score (nSPS) is 30.1. The van der Waals surface area contributed by atoms with E-state index in [0.29, 0.717) is 17.2 Å². The van der Waals surface area contributed by atoms with Crippen LogP contribution in [0.15, 0.2) is 12.3 Å². The third-order valence-electron chi connectivity index (χ3n) is 5.13. The van der Waals surface area contributed by atoms with Crippen LogP contribution in [-0.2, 0) is 0 Å². The number of hydrogen-bond acceptors (Lipinski definition) is 3. The van der Waals surface area contributed by atoms with E-state index in [9.17, 15) is 0 Å². The van der Waals surface area contributed by atoms with Crippen molar-refractivity contribution in [3.05, 3.63) is 23.0 Å². The Morgan fingerprint density at radius 2 is 2.00 bits per heavy atom. The Hall–Kier alpha value is -0.800. The first-order valence-corrected chi connectivity index (χ1v) is 8.74. The Bertz CT molecular complexity index is 451. The summed E-state index contributed by atoms with van der Waals surface area (Å²) >= 11 is 6.29. The van der Waals surface area contributed by atoms with Gasteiger partial charge in [0, 0.05) is 18.3 Å². The molecule has 3 rings (SSSR count).